The minimum absolute atomic E-state index is 0.00196. The number of aliphatic hydroxyl groups is 2. The van der Waals surface area contributed by atoms with Crippen molar-refractivity contribution >= 4 is 5.78 Å². The maximum atomic E-state index is 12.8. The second kappa shape index (κ2) is 4.46. The number of hydrogen-bond donors (Lipinski definition) is 3. The van der Waals surface area contributed by atoms with E-state index in [1.807, 2.05) is 6.07 Å². The number of carbonyl (C=O) groups is 1. The Kier molecular flexibility index (Phi) is 2.75. The Morgan fingerprint density at radius 1 is 1.28 bits per heavy atom. The summed E-state index contributed by atoms with van der Waals surface area (Å²) in [6, 6.07) is 5.10. The van der Waals surface area contributed by atoms with Crippen LogP contribution in [-0.4, -0.2) is 32.8 Å². The molecule has 1 aliphatic heterocycles. The number of Topliss-reactive ketones (excluding diaryl/α,β-unsaturated/α-hetero) is 1. The Labute approximate surface area is 145 Å². The molecule has 2 bridgehead atoms. The lowest BCUT2D eigenvalue weighted by Gasteiger charge is -2.53. The number of fused-ring (bicyclic) bond motifs is 5. The first kappa shape index (κ1) is 15.4. The van der Waals surface area contributed by atoms with Crippen LogP contribution in [0.25, 0.3) is 0 Å². The van der Waals surface area contributed by atoms with Gasteiger partial charge in [0, 0.05) is 35.8 Å². The summed E-state index contributed by atoms with van der Waals surface area (Å²) in [5.74, 6) is 0.112. The van der Waals surface area contributed by atoms with Gasteiger partial charge in [0.25, 0.3) is 0 Å². The van der Waals surface area contributed by atoms with Gasteiger partial charge in [0.05, 0.1) is 18.0 Å². The third kappa shape index (κ3) is 1.73. The maximum Gasteiger partial charge on any atom is 0.143 e. The van der Waals surface area contributed by atoms with Crippen LogP contribution in [0.1, 0.15) is 38.2 Å². The number of carbonyl (C=O) groups excluding carboxylic acids is 1. The van der Waals surface area contributed by atoms with Gasteiger partial charge in [0.15, 0.2) is 0 Å². The van der Waals surface area contributed by atoms with Gasteiger partial charge in [-0.2, -0.15) is 0 Å². The number of phenols is 1. The Bertz CT molecular complexity index is 825. The highest BCUT2D eigenvalue weighted by molar-refractivity contribution is 5.88. The summed E-state index contributed by atoms with van der Waals surface area (Å²) in [6.07, 6.45) is 1.23. The number of hydrogen-bond acceptors (Lipinski definition) is 5. The lowest BCUT2D eigenvalue weighted by Crippen LogP contribution is -2.55. The molecule has 1 unspecified atom stereocenters. The molecule has 1 aromatic rings. The van der Waals surface area contributed by atoms with Gasteiger partial charge < -0.3 is 20.1 Å². The number of phenolic OH excluding ortho intramolecular Hbond substituents is 1. The molecule has 6 atom stereocenters. The van der Waals surface area contributed by atoms with Gasteiger partial charge in [-0.1, -0.05) is 19.9 Å². The zero-order valence-corrected chi connectivity index (χ0v) is 14.3. The van der Waals surface area contributed by atoms with Crippen LogP contribution in [0.5, 0.6) is 11.5 Å². The Morgan fingerprint density at radius 3 is 2.80 bits per heavy atom. The van der Waals surface area contributed by atoms with Crippen molar-refractivity contribution < 1.29 is 24.9 Å². The lowest BCUT2D eigenvalue weighted by molar-refractivity contribution is -0.149. The largest absolute Gasteiger partial charge is 0.508 e. The summed E-state index contributed by atoms with van der Waals surface area (Å²) >= 11 is 0. The number of ketones is 1. The Morgan fingerprint density at radius 2 is 2.04 bits per heavy atom. The van der Waals surface area contributed by atoms with Crippen LogP contribution < -0.4 is 4.74 Å². The number of benzene rings is 1. The van der Waals surface area contributed by atoms with Crippen LogP contribution in [-0.2, 0) is 4.79 Å². The number of aromatic hydroxyl groups is 1. The minimum Gasteiger partial charge on any atom is -0.508 e. The van der Waals surface area contributed by atoms with Crippen molar-refractivity contribution in [1.82, 2.24) is 0 Å². The lowest BCUT2D eigenvalue weighted by atomic mass is 9.51. The predicted octanol–water partition coefficient (Wildman–Crippen LogP) is 2.11. The summed E-state index contributed by atoms with van der Waals surface area (Å²) in [7, 11) is 0. The molecule has 3 saturated carbocycles. The summed E-state index contributed by atoms with van der Waals surface area (Å²) in [5, 5.41) is 31.4. The normalized spacial score (nSPS) is 43.0. The fraction of sp³-hybridized carbons (Fsp3) is 0.550. The smallest absolute Gasteiger partial charge is 0.143 e. The van der Waals surface area contributed by atoms with Gasteiger partial charge in [-0.05, 0) is 29.4 Å². The highest BCUT2D eigenvalue weighted by Crippen LogP contribution is 2.68. The van der Waals surface area contributed by atoms with Gasteiger partial charge >= 0.3 is 0 Å². The van der Waals surface area contributed by atoms with Gasteiger partial charge in [-0.15, -0.1) is 0 Å². The highest BCUT2D eigenvalue weighted by Gasteiger charge is 2.69. The number of ether oxygens (including phenoxy) is 1. The molecule has 132 valence electrons. The average molecular weight is 342 g/mol. The average Bonchev–Trinajstić information content (AvgIpc) is 2.73. The SMILES string of the molecule is CC1(C)[C@H]2C(=COc3cc(O)ccc32)[C@@H]2C(=O)C[C@]3(O)C[C@H]1[C@H]2C3O. The standard InChI is InChI=1S/C20H22O5/c1-19(2)12-6-20(24)7-13(22)15(16(12)18(20)23)11-8-25-14-5-9(21)3-4-10(14)17(11)19/h3-5,8,12,15-18,21,23-24H,6-7H2,1-2H3/t12-,15+,16+,17+,18?,20+/m0/s1. The molecule has 5 heteroatoms. The van der Waals surface area contributed by atoms with Crippen molar-refractivity contribution in [2.45, 2.75) is 44.3 Å². The van der Waals surface area contributed by atoms with Gasteiger partial charge in [0.1, 0.15) is 17.3 Å². The van der Waals surface area contributed by atoms with E-state index in [-0.39, 0.29) is 41.1 Å². The van der Waals surface area contributed by atoms with E-state index < -0.39 is 17.6 Å². The quantitative estimate of drug-likeness (QED) is 0.672. The van der Waals surface area contributed by atoms with E-state index in [0.717, 1.165) is 11.1 Å². The zero-order chi connectivity index (χ0) is 17.7. The van der Waals surface area contributed by atoms with Crippen LogP contribution in [0, 0.1) is 23.2 Å². The molecule has 25 heavy (non-hydrogen) atoms. The molecule has 5 rings (SSSR count). The fourth-order valence-corrected chi connectivity index (χ4v) is 6.14. The molecular formula is C20H22O5. The van der Waals surface area contributed by atoms with Gasteiger partial charge in [-0.25, -0.2) is 0 Å². The van der Waals surface area contributed by atoms with Crippen molar-refractivity contribution in [3.05, 3.63) is 35.6 Å². The second-order valence-electron chi connectivity index (χ2n) is 8.77. The van der Waals surface area contributed by atoms with E-state index in [4.69, 9.17) is 4.74 Å². The topological polar surface area (TPSA) is 87.0 Å². The monoisotopic (exact) mass is 342 g/mol. The molecule has 3 N–H and O–H groups in total. The molecule has 3 fully saturated rings. The molecule has 0 radical (unpaired) electrons. The molecule has 5 nitrogen and oxygen atoms in total. The maximum absolute atomic E-state index is 12.8. The van der Waals surface area contributed by atoms with Crippen LogP contribution in [0.4, 0.5) is 0 Å². The molecule has 1 aromatic carbocycles. The number of allylic oxidation sites excluding steroid dienone is 1. The van der Waals surface area contributed by atoms with Crippen molar-refractivity contribution in [3.63, 3.8) is 0 Å². The third-order valence-corrected chi connectivity index (χ3v) is 7.19. The van der Waals surface area contributed by atoms with Crippen molar-refractivity contribution in [2.24, 2.45) is 23.2 Å². The fourth-order valence-electron chi connectivity index (χ4n) is 6.14. The van der Waals surface area contributed by atoms with Crippen molar-refractivity contribution in [2.75, 3.05) is 0 Å². The van der Waals surface area contributed by atoms with Gasteiger partial charge in [0.2, 0.25) is 0 Å². The number of rotatable bonds is 0. The van der Waals surface area contributed by atoms with E-state index in [1.165, 1.54) is 0 Å². The van der Waals surface area contributed by atoms with Crippen LogP contribution in [0.2, 0.25) is 0 Å². The predicted molar refractivity (Wildman–Crippen MR) is 89.0 cm³/mol. The molecule has 0 aromatic heterocycles. The van der Waals surface area contributed by atoms with E-state index in [9.17, 15) is 20.1 Å². The van der Waals surface area contributed by atoms with Crippen molar-refractivity contribution in [1.29, 1.82) is 0 Å². The summed E-state index contributed by atoms with van der Waals surface area (Å²) < 4.78 is 5.76. The highest BCUT2D eigenvalue weighted by atomic mass is 16.5. The van der Waals surface area contributed by atoms with E-state index in [0.29, 0.717) is 12.2 Å². The molecule has 1 heterocycles. The third-order valence-electron chi connectivity index (χ3n) is 7.19. The van der Waals surface area contributed by atoms with Crippen LogP contribution >= 0.6 is 0 Å². The van der Waals surface area contributed by atoms with Crippen molar-refractivity contribution in [3.8, 4) is 11.5 Å². The molecular weight excluding hydrogens is 320 g/mol. The Hall–Kier alpha value is -1.85. The summed E-state index contributed by atoms with van der Waals surface area (Å²) in [5.41, 5.74) is 0.312. The number of aliphatic hydroxyl groups excluding tert-OH is 1. The molecule has 3 aliphatic carbocycles. The van der Waals surface area contributed by atoms with Crippen LogP contribution in [0.15, 0.2) is 30.0 Å². The summed E-state index contributed by atoms with van der Waals surface area (Å²) in [4.78, 5) is 12.8. The second-order valence-corrected chi connectivity index (χ2v) is 8.77. The summed E-state index contributed by atoms with van der Waals surface area (Å²) in [6.45, 7) is 4.30. The van der Waals surface area contributed by atoms with Gasteiger partial charge in [-0.3, -0.25) is 4.79 Å². The molecule has 0 spiro atoms. The molecule has 4 aliphatic rings. The minimum atomic E-state index is -1.30. The first-order valence-electron chi connectivity index (χ1n) is 8.87. The Balaban J connectivity index is 1.73. The van der Waals surface area contributed by atoms with Crippen LogP contribution in [0.3, 0.4) is 0 Å². The van der Waals surface area contributed by atoms with E-state index in [2.05, 4.69) is 13.8 Å². The van der Waals surface area contributed by atoms with E-state index in [1.54, 1.807) is 18.4 Å². The first-order valence-corrected chi connectivity index (χ1v) is 8.87. The van der Waals surface area contributed by atoms with E-state index >= 15 is 0 Å². The molecule has 0 amide bonds. The molecule has 0 saturated heterocycles. The first-order chi connectivity index (χ1) is 11.7. The zero-order valence-electron chi connectivity index (χ0n) is 14.3.